The number of hydrogen-bond donors (Lipinski definition) is 1. The minimum atomic E-state index is -0.493. The van der Waals surface area contributed by atoms with Crippen LogP contribution in [0.3, 0.4) is 0 Å². The summed E-state index contributed by atoms with van der Waals surface area (Å²) in [5.41, 5.74) is 8.46. The molecule has 2 aromatic rings. The normalized spacial score (nSPS) is 14.2. The highest BCUT2D eigenvalue weighted by molar-refractivity contribution is 5.60. The van der Waals surface area contributed by atoms with Crippen molar-refractivity contribution in [3.05, 3.63) is 63.7 Å². The molecule has 126 valence electrons. The molecule has 0 saturated carbocycles. The molecule has 0 radical (unpaired) electrons. The van der Waals surface area contributed by atoms with Gasteiger partial charge >= 0.3 is 0 Å². The number of nitrogens with zero attached hydrogens (tertiary/aromatic N) is 2. The maximum atomic E-state index is 10.9. The van der Waals surface area contributed by atoms with Crippen molar-refractivity contribution >= 4 is 11.4 Å². The molecule has 6 heteroatoms. The van der Waals surface area contributed by atoms with E-state index >= 15 is 0 Å². The predicted octanol–water partition coefficient (Wildman–Crippen LogP) is 3.00. The molecule has 0 aromatic heterocycles. The summed E-state index contributed by atoms with van der Waals surface area (Å²) < 4.78 is 5.63. The molecule has 2 aromatic carbocycles. The molecule has 0 aliphatic carbocycles. The van der Waals surface area contributed by atoms with Gasteiger partial charge in [-0.1, -0.05) is 24.3 Å². The molecular weight excluding hydrogens is 306 g/mol. The number of benzene rings is 2. The molecule has 24 heavy (non-hydrogen) atoms. The fourth-order valence-electron chi connectivity index (χ4n) is 2.99. The van der Waals surface area contributed by atoms with Gasteiger partial charge in [-0.2, -0.15) is 0 Å². The maximum Gasteiger partial charge on any atom is 0.295 e. The largest absolute Gasteiger partial charge is 0.493 e. The van der Waals surface area contributed by atoms with E-state index in [0.29, 0.717) is 12.4 Å². The van der Waals surface area contributed by atoms with E-state index in [2.05, 4.69) is 29.2 Å². The van der Waals surface area contributed by atoms with Crippen LogP contribution in [-0.2, 0) is 13.0 Å². The Kier molecular flexibility index (Phi) is 4.96. The number of anilines is 1. The Bertz CT molecular complexity index is 733. The monoisotopic (exact) mass is 327 g/mol. The molecule has 2 N–H and O–H groups in total. The van der Waals surface area contributed by atoms with Crippen LogP contribution >= 0.6 is 0 Å². The lowest BCUT2D eigenvalue weighted by atomic mass is 10.00. The molecule has 0 amide bonds. The second-order valence-electron chi connectivity index (χ2n) is 5.97. The quantitative estimate of drug-likeness (QED) is 0.382. The van der Waals surface area contributed by atoms with Gasteiger partial charge in [0.1, 0.15) is 11.4 Å². The third kappa shape index (κ3) is 3.83. The molecule has 1 heterocycles. The maximum absolute atomic E-state index is 10.9. The van der Waals surface area contributed by atoms with Crippen LogP contribution in [0.1, 0.15) is 17.5 Å². The minimum absolute atomic E-state index is 0.111. The number of hydrogen-bond acceptors (Lipinski definition) is 5. The summed E-state index contributed by atoms with van der Waals surface area (Å²) in [6, 6.07) is 13.1. The Hall–Kier alpha value is -2.60. The van der Waals surface area contributed by atoms with Crippen LogP contribution in [-0.4, -0.2) is 29.5 Å². The van der Waals surface area contributed by atoms with Crippen molar-refractivity contribution in [3.8, 4) is 5.75 Å². The van der Waals surface area contributed by atoms with Crippen molar-refractivity contribution in [3.63, 3.8) is 0 Å². The van der Waals surface area contributed by atoms with Crippen molar-refractivity contribution in [2.75, 3.05) is 25.4 Å². The van der Waals surface area contributed by atoms with E-state index in [-0.39, 0.29) is 11.4 Å². The lowest BCUT2D eigenvalue weighted by molar-refractivity contribution is -0.384. The van der Waals surface area contributed by atoms with Crippen LogP contribution in [0.15, 0.2) is 42.5 Å². The molecule has 1 aliphatic rings. The van der Waals surface area contributed by atoms with Gasteiger partial charge in [0.2, 0.25) is 0 Å². The number of nitrogens with two attached hydrogens (primary N) is 1. The lowest BCUT2D eigenvalue weighted by Gasteiger charge is -2.28. The van der Waals surface area contributed by atoms with Gasteiger partial charge in [-0.05, 0) is 36.1 Å². The zero-order valence-corrected chi connectivity index (χ0v) is 13.5. The number of nitro groups is 1. The molecule has 3 rings (SSSR count). The Labute approximate surface area is 141 Å². The summed E-state index contributed by atoms with van der Waals surface area (Å²) in [6.45, 7) is 3.51. The Morgan fingerprint density at radius 1 is 1.21 bits per heavy atom. The Balaban J connectivity index is 1.46. The van der Waals surface area contributed by atoms with Crippen molar-refractivity contribution < 1.29 is 9.66 Å². The molecule has 0 fully saturated rings. The molecule has 0 bridgehead atoms. The van der Waals surface area contributed by atoms with Gasteiger partial charge in [0.25, 0.3) is 5.69 Å². The minimum Gasteiger partial charge on any atom is -0.493 e. The van der Waals surface area contributed by atoms with Crippen LogP contribution in [0.5, 0.6) is 5.75 Å². The van der Waals surface area contributed by atoms with Crippen molar-refractivity contribution in [2.45, 2.75) is 19.4 Å². The van der Waals surface area contributed by atoms with E-state index in [1.807, 2.05) is 0 Å². The highest BCUT2D eigenvalue weighted by Crippen LogP contribution is 2.26. The van der Waals surface area contributed by atoms with E-state index < -0.39 is 4.92 Å². The van der Waals surface area contributed by atoms with Crippen LogP contribution in [0.2, 0.25) is 0 Å². The van der Waals surface area contributed by atoms with Gasteiger partial charge in [0, 0.05) is 19.6 Å². The summed E-state index contributed by atoms with van der Waals surface area (Å²) in [4.78, 5) is 12.8. The number of nitro benzene ring substituents is 1. The molecule has 1 aliphatic heterocycles. The summed E-state index contributed by atoms with van der Waals surface area (Å²) >= 11 is 0. The number of ether oxygens (including phenoxy) is 1. The summed E-state index contributed by atoms with van der Waals surface area (Å²) in [5, 5.41) is 10.9. The SMILES string of the molecule is Nc1ccc(OCCCN2CCc3ccccc3C2)cc1[N+](=O)[O-]. The van der Waals surface area contributed by atoms with Crippen LogP contribution in [0, 0.1) is 10.1 Å². The Morgan fingerprint density at radius 3 is 2.79 bits per heavy atom. The fourth-order valence-corrected chi connectivity index (χ4v) is 2.99. The zero-order valence-electron chi connectivity index (χ0n) is 13.5. The van der Waals surface area contributed by atoms with E-state index in [9.17, 15) is 10.1 Å². The molecule has 0 saturated heterocycles. The van der Waals surface area contributed by atoms with Gasteiger partial charge in [0.15, 0.2) is 0 Å². The molecular formula is C18H21N3O3. The first kappa shape index (κ1) is 16.3. The van der Waals surface area contributed by atoms with E-state index in [4.69, 9.17) is 10.5 Å². The first-order chi connectivity index (χ1) is 11.6. The molecule has 0 unspecified atom stereocenters. The van der Waals surface area contributed by atoms with E-state index in [1.54, 1.807) is 6.07 Å². The second kappa shape index (κ2) is 7.31. The average molecular weight is 327 g/mol. The third-order valence-corrected chi connectivity index (χ3v) is 4.30. The van der Waals surface area contributed by atoms with Crippen molar-refractivity contribution in [1.29, 1.82) is 0 Å². The number of fused-ring (bicyclic) bond motifs is 1. The lowest BCUT2D eigenvalue weighted by Crippen LogP contribution is -2.31. The second-order valence-corrected chi connectivity index (χ2v) is 5.97. The van der Waals surface area contributed by atoms with Gasteiger partial charge < -0.3 is 10.5 Å². The summed E-state index contributed by atoms with van der Waals surface area (Å²) in [7, 11) is 0. The first-order valence-electron chi connectivity index (χ1n) is 8.09. The third-order valence-electron chi connectivity index (χ3n) is 4.30. The van der Waals surface area contributed by atoms with Crippen molar-refractivity contribution in [1.82, 2.24) is 4.90 Å². The molecule has 0 spiro atoms. The van der Waals surface area contributed by atoms with Crippen LogP contribution in [0.4, 0.5) is 11.4 Å². The zero-order chi connectivity index (χ0) is 16.9. The van der Waals surface area contributed by atoms with Crippen molar-refractivity contribution in [2.24, 2.45) is 0 Å². The highest BCUT2D eigenvalue weighted by atomic mass is 16.6. The van der Waals surface area contributed by atoms with Crippen LogP contribution in [0.25, 0.3) is 0 Å². The van der Waals surface area contributed by atoms with Gasteiger partial charge in [-0.15, -0.1) is 0 Å². The number of nitrogen functional groups attached to an aromatic ring is 1. The standard InChI is InChI=1S/C18H21N3O3/c19-17-7-6-16(12-18(17)21(22)23)24-11-3-9-20-10-8-14-4-1-2-5-15(14)13-20/h1-2,4-7,12H,3,8-11,13,19H2. The highest BCUT2D eigenvalue weighted by Gasteiger charge is 2.15. The Morgan fingerprint density at radius 2 is 2.00 bits per heavy atom. The van der Waals surface area contributed by atoms with Crippen LogP contribution < -0.4 is 10.5 Å². The van der Waals surface area contributed by atoms with Gasteiger partial charge in [-0.3, -0.25) is 15.0 Å². The topological polar surface area (TPSA) is 81.6 Å². The smallest absolute Gasteiger partial charge is 0.295 e. The number of rotatable bonds is 6. The molecule has 0 atom stereocenters. The molecule has 6 nitrogen and oxygen atoms in total. The van der Waals surface area contributed by atoms with E-state index in [0.717, 1.165) is 32.5 Å². The predicted molar refractivity (Wildman–Crippen MR) is 93.0 cm³/mol. The van der Waals surface area contributed by atoms with Gasteiger partial charge in [0.05, 0.1) is 17.6 Å². The van der Waals surface area contributed by atoms with Gasteiger partial charge in [-0.25, -0.2) is 0 Å². The first-order valence-corrected chi connectivity index (χ1v) is 8.09. The average Bonchev–Trinajstić information content (AvgIpc) is 2.59. The van der Waals surface area contributed by atoms with E-state index in [1.165, 1.54) is 23.3 Å². The summed E-state index contributed by atoms with van der Waals surface area (Å²) in [5.74, 6) is 0.486. The fraction of sp³-hybridized carbons (Fsp3) is 0.333. The summed E-state index contributed by atoms with van der Waals surface area (Å²) in [6.07, 6.45) is 1.96.